The first-order valence-corrected chi connectivity index (χ1v) is 9.43. The van der Waals surface area contributed by atoms with Crippen molar-refractivity contribution in [3.8, 4) is 0 Å². The number of fused-ring (bicyclic) bond motifs is 1. The lowest BCUT2D eigenvalue weighted by Gasteiger charge is -2.12. The number of nitrogens with two attached hydrogens (primary N) is 1. The molecule has 0 saturated heterocycles. The first-order chi connectivity index (χ1) is 11.7. The Bertz CT molecular complexity index is 1070. The average Bonchev–Trinajstić information content (AvgIpc) is 2.89. The molecule has 0 amide bonds. The number of nitrogens with zero attached hydrogens (tertiary/aromatic N) is 2. The maximum atomic E-state index is 12.7. The van der Waals surface area contributed by atoms with E-state index in [-0.39, 0.29) is 27.8 Å². The third-order valence-electron chi connectivity index (χ3n) is 3.86. The van der Waals surface area contributed by atoms with Crippen molar-refractivity contribution < 1.29 is 13.2 Å². The van der Waals surface area contributed by atoms with Crippen LogP contribution in [0.2, 0.25) is 5.02 Å². The third kappa shape index (κ3) is 2.89. The molecule has 1 aromatic heterocycles. The smallest absolute Gasteiger partial charge is 0.244 e. The van der Waals surface area contributed by atoms with Gasteiger partial charge in [-0.25, -0.2) is 17.4 Å². The number of carbonyl (C=O) groups excluding carboxylic acids is 1. The van der Waals surface area contributed by atoms with Crippen molar-refractivity contribution in [3.63, 3.8) is 0 Å². The second-order valence-corrected chi connectivity index (χ2v) is 8.59. The summed E-state index contributed by atoms with van der Waals surface area (Å²) < 4.78 is 26.1. The number of carbonyl (C=O) groups is 1. The van der Waals surface area contributed by atoms with Gasteiger partial charge in [0.1, 0.15) is 0 Å². The van der Waals surface area contributed by atoms with Crippen LogP contribution in [0.1, 0.15) is 29.8 Å². The van der Waals surface area contributed by atoms with Gasteiger partial charge in [0.05, 0.1) is 21.3 Å². The molecule has 130 valence electrons. The molecule has 8 heteroatoms. The van der Waals surface area contributed by atoms with Gasteiger partial charge in [-0.1, -0.05) is 41.9 Å². The van der Waals surface area contributed by atoms with Crippen molar-refractivity contribution in [2.24, 2.45) is 0 Å². The van der Waals surface area contributed by atoms with E-state index >= 15 is 0 Å². The number of nitrogen functional groups attached to an aromatic ring is 1. The molecule has 0 fully saturated rings. The molecule has 0 unspecified atom stereocenters. The van der Waals surface area contributed by atoms with Crippen LogP contribution in [0.5, 0.6) is 0 Å². The van der Waals surface area contributed by atoms with Crippen LogP contribution in [-0.2, 0) is 10.0 Å². The minimum atomic E-state index is -3.74. The molecule has 0 bridgehead atoms. The molecule has 0 aliphatic heterocycles. The van der Waals surface area contributed by atoms with Crippen LogP contribution in [0.15, 0.2) is 42.5 Å². The summed E-state index contributed by atoms with van der Waals surface area (Å²) in [6, 6.07) is 11.5. The van der Waals surface area contributed by atoms with Crippen molar-refractivity contribution in [2.45, 2.75) is 19.1 Å². The Kier molecular flexibility index (Phi) is 4.30. The lowest BCUT2D eigenvalue weighted by molar-refractivity contribution is 0.103. The summed E-state index contributed by atoms with van der Waals surface area (Å²) in [5.74, 6) is -0.468. The predicted molar refractivity (Wildman–Crippen MR) is 98.5 cm³/mol. The summed E-state index contributed by atoms with van der Waals surface area (Å²) in [4.78, 5) is 16.8. The minimum absolute atomic E-state index is 0.163. The van der Waals surface area contributed by atoms with Gasteiger partial charge in [-0.05, 0) is 26.0 Å². The van der Waals surface area contributed by atoms with Crippen LogP contribution in [0, 0.1) is 0 Å². The molecular weight excluding hydrogens is 362 g/mol. The Morgan fingerprint density at radius 3 is 2.44 bits per heavy atom. The van der Waals surface area contributed by atoms with Gasteiger partial charge >= 0.3 is 0 Å². The number of ketones is 1. The third-order valence-corrected chi connectivity index (χ3v) is 6.25. The van der Waals surface area contributed by atoms with Crippen molar-refractivity contribution in [1.29, 1.82) is 0 Å². The van der Waals surface area contributed by atoms with E-state index < -0.39 is 15.3 Å². The summed E-state index contributed by atoms with van der Waals surface area (Å²) in [5.41, 5.74) is 7.00. The molecule has 2 aromatic carbocycles. The molecule has 25 heavy (non-hydrogen) atoms. The Morgan fingerprint density at radius 2 is 1.84 bits per heavy atom. The van der Waals surface area contributed by atoms with Crippen LogP contribution in [0.4, 0.5) is 5.95 Å². The van der Waals surface area contributed by atoms with E-state index in [0.717, 1.165) is 3.97 Å². The number of hydrogen-bond acceptors (Lipinski definition) is 5. The van der Waals surface area contributed by atoms with E-state index in [2.05, 4.69) is 4.98 Å². The zero-order valence-electron chi connectivity index (χ0n) is 13.6. The molecule has 0 aliphatic carbocycles. The van der Waals surface area contributed by atoms with Gasteiger partial charge < -0.3 is 5.73 Å². The van der Waals surface area contributed by atoms with Gasteiger partial charge in [0.2, 0.25) is 16.0 Å². The highest BCUT2D eigenvalue weighted by atomic mass is 35.5. The van der Waals surface area contributed by atoms with Crippen molar-refractivity contribution >= 4 is 44.4 Å². The summed E-state index contributed by atoms with van der Waals surface area (Å²) >= 11 is 6.23. The van der Waals surface area contributed by atoms with Gasteiger partial charge in [0.15, 0.2) is 5.78 Å². The largest absolute Gasteiger partial charge is 0.368 e. The first-order valence-electron chi connectivity index (χ1n) is 7.55. The van der Waals surface area contributed by atoms with Crippen LogP contribution in [0.25, 0.3) is 11.0 Å². The van der Waals surface area contributed by atoms with E-state index in [4.69, 9.17) is 17.3 Å². The maximum Gasteiger partial charge on any atom is 0.244 e. The highest BCUT2D eigenvalue weighted by Gasteiger charge is 2.26. The van der Waals surface area contributed by atoms with E-state index in [1.807, 2.05) is 0 Å². The van der Waals surface area contributed by atoms with Crippen LogP contribution in [-0.4, -0.2) is 28.4 Å². The molecule has 0 spiro atoms. The number of aromatic nitrogens is 2. The molecule has 0 saturated carbocycles. The van der Waals surface area contributed by atoms with E-state index in [9.17, 15) is 13.2 Å². The molecule has 3 aromatic rings. The molecule has 3 rings (SSSR count). The Balaban J connectivity index is 2.27. The van der Waals surface area contributed by atoms with Gasteiger partial charge in [-0.3, -0.25) is 4.79 Å². The molecule has 0 aliphatic rings. The van der Waals surface area contributed by atoms with Crippen molar-refractivity contribution in [1.82, 2.24) is 8.96 Å². The molecule has 0 radical (unpaired) electrons. The Labute approximate surface area is 150 Å². The zero-order chi connectivity index (χ0) is 18.4. The average molecular weight is 378 g/mol. The molecule has 0 atom stereocenters. The summed E-state index contributed by atoms with van der Waals surface area (Å²) in [5, 5.41) is -0.510. The highest BCUT2D eigenvalue weighted by molar-refractivity contribution is 7.90. The van der Waals surface area contributed by atoms with Crippen LogP contribution >= 0.6 is 11.6 Å². The number of anilines is 1. The van der Waals surface area contributed by atoms with Gasteiger partial charge in [-0.15, -0.1) is 0 Å². The molecular formula is C17H16ClN3O3S. The number of hydrogen-bond donors (Lipinski definition) is 1. The topological polar surface area (TPSA) is 95.1 Å². The molecule has 2 N–H and O–H groups in total. The number of imidazole rings is 1. The number of halogens is 1. The summed E-state index contributed by atoms with van der Waals surface area (Å²) in [7, 11) is -3.74. The fraction of sp³-hybridized carbons (Fsp3) is 0.176. The standard InChI is InChI=1S/C17H16ClN3O3S/c1-10(2)25(23,24)21-15-8-12(13(18)9-14(15)20-17(21)19)16(22)11-6-4-3-5-7-11/h3-10H,1-2H3,(H2,19,20). The van der Waals surface area contributed by atoms with Crippen molar-refractivity contribution in [2.75, 3.05) is 5.73 Å². The lowest BCUT2D eigenvalue weighted by atomic mass is 10.0. The van der Waals surface area contributed by atoms with Gasteiger partial charge in [0, 0.05) is 11.1 Å². The van der Waals surface area contributed by atoms with Gasteiger partial charge in [0.25, 0.3) is 0 Å². The monoisotopic (exact) mass is 377 g/mol. The summed E-state index contributed by atoms with van der Waals surface area (Å²) in [6.07, 6.45) is 0. The number of benzene rings is 2. The first kappa shape index (κ1) is 17.4. The van der Waals surface area contributed by atoms with E-state index in [0.29, 0.717) is 11.1 Å². The molecule has 6 nitrogen and oxygen atoms in total. The maximum absolute atomic E-state index is 12.7. The predicted octanol–water partition coefficient (Wildman–Crippen LogP) is 3.09. The SMILES string of the molecule is CC(C)S(=O)(=O)n1c(N)nc2cc(Cl)c(C(=O)c3ccccc3)cc21. The van der Waals surface area contributed by atoms with Crippen LogP contribution in [0.3, 0.4) is 0 Å². The second-order valence-electron chi connectivity index (χ2n) is 5.84. The Hall–Kier alpha value is -2.38. The second kappa shape index (κ2) is 6.16. The van der Waals surface area contributed by atoms with E-state index in [1.54, 1.807) is 44.2 Å². The minimum Gasteiger partial charge on any atom is -0.368 e. The fourth-order valence-electron chi connectivity index (χ4n) is 2.49. The number of rotatable bonds is 4. The van der Waals surface area contributed by atoms with Crippen molar-refractivity contribution in [3.05, 3.63) is 58.6 Å². The zero-order valence-corrected chi connectivity index (χ0v) is 15.2. The Morgan fingerprint density at radius 1 is 1.20 bits per heavy atom. The lowest BCUT2D eigenvalue weighted by Crippen LogP contribution is -2.23. The highest BCUT2D eigenvalue weighted by Crippen LogP contribution is 2.29. The molecule has 1 heterocycles. The quantitative estimate of drug-likeness (QED) is 0.705. The van der Waals surface area contributed by atoms with E-state index in [1.165, 1.54) is 12.1 Å². The normalized spacial score (nSPS) is 12.0. The summed E-state index contributed by atoms with van der Waals surface area (Å²) in [6.45, 7) is 3.10. The van der Waals surface area contributed by atoms with Gasteiger partial charge in [-0.2, -0.15) is 0 Å². The van der Waals surface area contributed by atoms with Crippen LogP contribution < -0.4 is 5.73 Å². The fourth-order valence-corrected chi connectivity index (χ4v) is 3.88.